The Kier molecular flexibility index (Phi) is 6.33. The first-order valence-electron chi connectivity index (χ1n) is 10.9. The molecule has 0 unspecified atom stereocenters. The second kappa shape index (κ2) is 9.48. The van der Waals surface area contributed by atoms with Crippen LogP contribution in [0, 0.1) is 5.82 Å². The number of benzene rings is 1. The van der Waals surface area contributed by atoms with Gasteiger partial charge in [0.15, 0.2) is 17.4 Å². The fraction of sp³-hybridized carbons (Fsp3) is 0.273. The standard InChI is InChI=1S/C22H20FN7O5S2/c1-28-14-5-12(23)4-3-10(14)6-29(28)7-11-8-36-20-16(19(32)30(20)17(11)21(33)34)26-18(31)15(27-35-2)13-9-37-22(24)25-13/h3-6,9,16,20H,7-8H2,1-2H3,(H3-,24,25,26,31,33,34)/p+1/b27-15-/t16-,20-/m1/s1. The fourth-order valence-corrected chi connectivity index (χ4v) is 6.23. The van der Waals surface area contributed by atoms with Crippen molar-refractivity contribution in [3.63, 3.8) is 0 Å². The van der Waals surface area contributed by atoms with Gasteiger partial charge < -0.3 is 21.0 Å². The van der Waals surface area contributed by atoms with E-state index in [1.54, 1.807) is 28.7 Å². The number of carboxylic acids is 1. The maximum absolute atomic E-state index is 13.7. The highest BCUT2D eigenvalue weighted by Crippen LogP contribution is 2.40. The van der Waals surface area contributed by atoms with Crippen molar-refractivity contribution in [3.05, 3.63) is 52.6 Å². The maximum atomic E-state index is 13.7. The molecule has 2 aliphatic rings. The molecule has 4 heterocycles. The molecule has 0 bridgehead atoms. The lowest BCUT2D eigenvalue weighted by molar-refractivity contribution is -0.764. The fourth-order valence-electron chi connectivity index (χ4n) is 4.35. The number of nitrogens with zero attached hydrogens (tertiary/aromatic N) is 5. The number of aliphatic carboxylic acids is 1. The number of thioether (sulfide) groups is 1. The Morgan fingerprint density at radius 3 is 2.89 bits per heavy atom. The van der Waals surface area contributed by atoms with E-state index >= 15 is 0 Å². The molecule has 3 aromatic rings. The zero-order valence-electron chi connectivity index (χ0n) is 19.5. The van der Waals surface area contributed by atoms with E-state index in [1.807, 2.05) is 0 Å². The van der Waals surface area contributed by atoms with Gasteiger partial charge in [0.05, 0.1) is 12.4 Å². The summed E-state index contributed by atoms with van der Waals surface area (Å²) in [6, 6.07) is 3.44. The molecular formula is C22H21FN7O5S2+. The van der Waals surface area contributed by atoms with Crippen LogP contribution in [-0.2, 0) is 32.8 Å². The van der Waals surface area contributed by atoms with Crippen molar-refractivity contribution < 1.29 is 33.4 Å². The second-order valence-electron chi connectivity index (χ2n) is 8.27. The first kappa shape index (κ1) is 24.7. The predicted molar refractivity (Wildman–Crippen MR) is 133 cm³/mol. The highest BCUT2D eigenvalue weighted by molar-refractivity contribution is 8.00. The Balaban J connectivity index is 1.38. The van der Waals surface area contributed by atoms with E-state index in [1.165, 1.54) is 41.3 Å². The summed E-state index contributed by atoms with van der Waals surface area (Å²) in [4.78, 5) is 48.2. The summed E-state index contributed by atoms with van der Waals surface area (Å²) in [7, 11) is 3.02. The van der Waals surface area contributed by atoms with Crippen LogP contribution in [0.2, 0.25) is 0 Å². The molecule has 1 saturated heterocycles. The van der Waals surface area contributed by atoms with Gasteiger partial charge in [-0.3, -0.25) is 14.5 Å². The number of rotatable bonds is 7. The molecule has 15 heteroatoms. The molecule has 2 atom stereocenters. The monoisotopic (exact) mass is 546 g/mol. The van der Waals surface area contributed by atoms with E-state index in [4.69, 9.17) is 10.6 Å². The number of nitrogens with two attached hydrogens (primary N) is 1. The first-order chi connectivity index (χ1) is 17.7. The maximum Gasteiger partial charge on any atom is 0.352 e. The molecule has 0 spiro atoms. The summed E-state index contributed by atoms with van der Waals surface area (Å²) in [5.74, 6) is -2.57. The number of thiazole rings is 1. The lowest BCUT2D eigenvalue weighted by Gasteiger charge is -2.49. The van der Waals surface area contributed by atoms with E-state index in [0.29, 0.717) is 16.8 Å². The van der Waals surface area contributed by atoms with Gasteiger partial charge in [-0.05, 0) is 12.1 Å². The average Bonchev–Trinajstić information content (AvgIpc) is 3.43. The van der Waals surface area contributed by atoms with Crippen LogP contribution in [0.5, 0.6) is 0 Å². The highest BCUT2D eigenvalue weighted by atomic mass is 32.2. The van der Waals surface area contributed by atoms with Crippen LogP contribution >= 0.6 is 23.1 Å². The topological polar surface area (TPSA) is 156 Å². The smallest absolute Gasteiger partial charge is 0.352 e. The van der Waals surface area contributed by atoms with Crippen molar-refractivity contribution in [3.8, 4) is 0 Å². The molecule has 2 aliphatic heterocycles. The molecule has 1 aromatic carbocycles. The molecule has 37 heavy (non-hydrogen) atoms. The van der Waals surface area contributed by atoms with Gasteiger partial charge in [0.1, 0.15) is 41.3 Å². The minimum atomic E-state index is -1.25. The minimum absolute atomic E-state index is 0.124. The van der Waals surface area contributed by atoms with Gasteiger partial charge in [-0.1, -0.05) is 5.16 Å². The Bertz CT molecular complexity index is 1510. The van der Waals surface area contributed by atoms with Gasteiger partial charge in [0.2, 0.25) is 6.20 Å². The zero-order chi connectivity index (χ0) is 26.4. The summed E-state index contributed by atoms with van der Waals surface area (Å²) >= 11 is 2.46. The molecule has 0 aliphatic carbocycles. The third kappa shape index (κ3) is 4.29. The number of β-lactam (4-membered cyclic amide) rings is 1. The number of anilines is 1. The first-order valence-corrected chi connectivity index (χ1v) is 12.8. The third-order valence-electron chi connectivity index (χ3n) is 6.07. The van der Waals surface area contributed by atoms with E-state index in [9.17, 15) is 23.9 Å². The van der Waals surface area contributed by atoms with Crippen LogP contribution in [0.25, 0.3) is 10.9 Å². The van der Waals surface area contributed by atoms with Gasteiger partial charge in [-0.25, -0.2) is 14.2 Å². The number of carbonyl (C=O) groups is 3. The number of aromatic nitrogens is 3. The number of aryl methyl sites for hydroxylation is 1. The third-order valence-corrected chi connectivity index (χ3v) is 8.08. The van der Waals surface area contributed by atoms with Gasteiger partial charge >= 0.3 is 5.97 Å². The van der Waals surface area contributed by atoms with E-state index in [-0.39, 0.29) is 34.6 Å². The number of carboxylic acid groups (broad SMARTS) is 1. The second-order valence-corrected chi connectivity index (χ2v) is 10.3. The molecule has 0 radical (unpaired) electrons. The number of hydrogen-bond donors (Lipinski definition) is 3. The van der Waals surface area contributed by atoms with Crippen LogP contribution in [0.1, 0.15) is 5.69 Å². The number of hydrogen-bond acceptors (Lipinski definition) is 9. The van der Waals surface area contributed by atoms with Crippen LogP contribution in [0.3, 0.4) is 0 Å². The quantitative estimate of drug-likeness (QED) is 0.167. The number of carbonyl (C=O) groups excluding carboxylic acids is 2. The van der Waals surface area contributed by atoms with Gasteiger partial charge in [-0.2, -0.15) is 4.68 Å². The summed E-state index contributed by atoms with van der Waals surface area (Å²) in [5, 5.41) is 18.3. The number of nitrogen functional groups attached to an aromatic ring is 1. The largest absolute Gasteiger partial charge is 0.477 e. The molecule has 4 N–H and O–H groups in total. The molecule has 0 saturated carbocycles. The zero-order valence-corrected chi connectivity index (χ0v) is 21.2. The van der Waals surface area contributed by atoms with Gasteiger partial charge in [0, 0.05) is 22.8 Å². The Morgan fingerprint density at radius 2 is 2.22 bits per heavy atom. The number of fused-ring (bicyclic) bond motifs is 2. The molecule has 2 amide bonds. The van der Waals surface area contributed by atoms with Crippen LogP contribution in [0.15, 0.2) is 46.2 Å². The van der Waals surface area contributed by atoms with Crippen molar-refractivity contribution in [1.82, 2.24) is 19.9 Å². The molecule has 12 nitrogen and oxygen atoms in total. The summed E-state index contributed by atoms with van der Waals surface area (Å²) < 4.78 is 17.2. The van der Waals surface area contributed by atoms with E-state index in [0.717, 1.165) is 16.7 Å². The van der Waals surface area contributed by atoms with Gasteiger partial charge in [0.25, 0.3) is 11.8 Å². The Hall–Kier alpha value is -3.98. The number of amides is 2. The van der Waals surface area contributed by atoms with Crippen molar-refractivity contribution >= 4 is 62.6 Å². The summed E-state index contributed by atoms with van der Waals surface area (Å²) in [5.41, 5.74) is 6.73. The Morgan fingerprint density at radius 1 is 1.43 bits per heavy atom. The van der Waals surface area contributed by atoms with Crippen LogP contribution in [0.4, 0.5) is 9.52 Å². The van der Waals surface area contributed by atoms with E-state index < -0.39 is 29.2 Å². The lowest BCUT2D eigenvalue weighted by atomic mass is 10.0. The minimum Gasteiger partial charge on any atom is -0.477 e. The normalized spacial score (nSPS) is 19.6. The van der Waals surface area contributed by atoms with Crippen molar-refractivity contribution in [1.29, 1.82) is 0 Å². The predicted octanol–water partition coefficient (Wildman–Crippen LogP) is 0.433. The highest BCUT2D eigenvalue weighted by Gasteiger charge is 2.55. The molecule has 2 aromatic heterocycles. The van der Waals surface area contributed by atoms with Crippen molar-refractivity contribution in [2.45, 2.75) is 18.0 Å². The van der Waals surface area contributed by atoms with E-state index in [2.05, 4.69) is 15.5 Å². The molecular weight excluding hydrogens is 525 g/mol. The number of halogens is 1. The van der Waals surface area contributed by atoms with Crippen molar-refractivity contribution in [2.24, 2.45) is 12.2 Å². The molecule has 192 valence electrons. The van der Waals surface area contributed by atoms with Crippen LogP contribution < -0.4 is 15.7 Å². The van der Waals surface area contributed by atoms with Crippen molar-refractivity contribution in [2.75, 3.05) is 18.6 Å². The summed E-state index contributed by atoms with van der Waals surface area (Å²) in [6.45, 7) is 0.185. The summed E-state index contributed by atoms with van der Waals surface area (Å²) in [6.07, 6.45) is 1.79. The average molecular weight is 547 g/mol. The molecule has 5 rings (SSSR count). The van der Waals surface area contributed by atoms with Gasteiger partial charge in [-0.15, -0.1) is 27.8 Å². The Labute approximate surface area is 217 Å². The number of nitrogens with one attached hydrogen (secondary N) is 1. The lowest BCUT2D eigenvalue weighted by Crippen LogP contribution is -2.71. The molecule has 1 fully saturated rings. The number of oxime groups is 1. The van der Waals surface area contributed by atoms with Crippen LogP contribution in [-0.4, -0.2) is 67.4 Å². The SMILES string of the molecule is CO/N=C(\C(=O)N[C@@H]1C(=O)N2C(C(=O)O)=C(C[n+]3cc4ccc(F)cc4n3C)CS[C@H]12)c1csc(N)n1.